The number of halogens is 1. The van der Waals surface area contributed by atoms with Crippen molar-refractivity contribution in [3.05, 3.63) is 102 Å². The summed E-state index contributed by atoms with van der Waals surface area (Å²) in [5, 5.41) is 5.53. The first-order valence-corrected chi connectivity index (χ1v) is 13.4. The highest BCUT2D eigenvalue weighted by molar-refractivity contribution is 5.94. The number of benzene rings is 4. The zero-order chi connectivity index (χ0) is 29.5. The normalized spacial score (nSPS) is 12.8. The zero-order valence-corrected chi connectivity index (χ0v) is 23.3. The van der Waals surface area contributed by atoms with Gasteiger partial charge in [-0.1, -0.05) is 0 Å². The maximum Gasteiger partial charge on any atom is 0.321 e. The zero-order valence-electron chi connectivity index (χ0n) is 23.3. The predicted octanol–water partition coefficient (Wildman–Crippen LogP) is 6.13. The molecule has 1 fully saturated rings. The van der Waals surface area contributed by atoms with Crippen LogP contribution >= 0.6 is 0 Å². The van der Waals surface area contributed by atoms with E-state index in [1.54, 1.807) is 61.5 Å². The van der Waals surface area contributed by atoms with Gasteiger partial charge in [-0.2, -0.15) is 0 Å². The Hall–Kier alpha value is -5.25. The molecule has 216 valence electrons. The summed E-state index contributed by atoms with van der Waals surface area (Å²) in [5.41, 5.74) is 2.04. The summed E-state index contributed by atoms with van der Waals surface area (Å²) in [5.74, 6) is 1.93. The highest BCUT2D eigenvalue weighted by atomic mass is 19.1. The first-order valence-electron chi connectivity index (χ1n) is 13.4. The highest BCUT2D eigenvalue weighted by Crippen LogP contribution is 2.33. The second-order valence-electron chi connectivity index (χ2n) is 9.56. The minimum absolute atomic E-state index is 0.203. The molecule has 1 saturated heterocycles. The van der Waals surface area contributed by atoms with Crippen molar-refractivity contribution in [3.63, 3.8) is 0 Å². The largest absolute Gasteiger partial charge is 0.497 e. The van der Waals surface area contributed by atoms with E-state index in [-0.39, 0.29) is 17.8 Å². The Morgan fingerprint density at radius 2 is 1.26 bits per heavy atom. The molecular formula is C32H31FN4O5. The fourth-order valence-electron chi connectivity index (χ4n) is 4.52. The van der Waals surface area contributed by atoms with Gasteiger partial charge < -0.3 is 34.6 Å². The molecule has 0 aliphatic carbocycles. The van der Waals surface area contributed by atoms with Crippen molar-refractivity contribution < 1.29 is 28.2 Å². The summed E-state index contributed by atoms with van der Waals surface area (Å²) in [6, 6.07) is 25.0. The van der Waals surface area contributed by atoms with Crippen LogP contribution in [-0.2, 0) is 0 Å². The number of nitrogens with zero attached hydrogens (tertiary/aromatic N) is 2. The molecule has 1 aliphatic heterocycles. The SMILES string of the molecule is CNC(=O)c1ccc(Oc2cc(NC(=O)N3CCN(c4ccc(OC)cc4)CC3)cc(Oc3ccc(F)cc3)c2)cc1. The highest BCUT2D eigenvalue weighted by Gasteiger charge is 2.22. The number of rotatable bonds is 8. The van der Waals surface area contributed by atoms with Gasteiger partial charge >= 0.3 is 6.03 Å². The summed E-state index contributed by atoms with van der Waals surface area (Å²) in [6.45, 7) is 2.47. The van der Waals surface area contributed by atoms with Crippen LogP contribution in [0.15, 0.2) is 91.0 Å². The molecule has 1 aliphatic rings. The van der Waals surface area contributed by atoms with E-state index < -0.39 is 0 Å². The van der Waals surface area contributed by atoms with Crippen LogP contribution in [0.3, 0.4) is 0 Å². The number of methoxy groups -OCH3 is 1. The second-order valence-corrected chi connectivity index (χ2v) is 9.56. The lowest BCUT2D eigenvalue weighted by Crippen LogP contribution is -2.50. The van der Waals surface area contributed by atoms with Gasteiger partial charge in [0.25, 0.3) is 5.91 Å². The van der Waals surface area contributed by atoms with Crippen LogP contribution < -0.4 is 29.7 Å². The van der Waals surface area contributed by atoms with Crippen LogP contribution in [0, 0.1) is 5.82 Å². The van der Waals surface area contributed by atoms with E-state index in [0.717, 1.165) is 11.4 Å². The smallest absolute Gasteiger partial charge is 0.321 e. The fraction of sp³-hybridized carbons (Fsp3) is 0.188. The lowest BCUT2D eigenvalue weighted by atomic mass is 10.2. The van der Waals surface area contributed by atoms with Crippen LogP contribution in [0.25, 0.3) is 0 Å². The Labute approximate surface area is 243 Å². The molecule has 10 heteroatoms. The van der Waals surface area contributed by atoms with Crippen molar-refractivity contribution in [2.75, 3.05) is 50.6 Å². The molecule has 2 N–H and O–H groups in total. The molecule has 0 saturated carbocycles. The van der Waals surface area contributed by atoms with E-state index in [9.17, 15) is 14.0 Å². The van der Waals surface area contributed by atoms with E-state index in [2.05, 4.69) is 15.5 Å². The molecule has 3 amide bonds. The molecular weight excluding hydrogens is 539 g/mol. The lowest BCUT2D eigenvalue weighted by Gasteiger charge is -2.36. The van der Waals surface area contributed by atoms with E-state index in [1.807, 2.05) is 24.3 Å². The number of carbonyl (C=O) groups excluding carboxylic acids is 2. The van der Waals surface area contributed by atoms with Crippen LogP contribution in [0.2, 0.25) is 0 Å². The monoisotopic (exact) mass is 570 g/mol. The maximum atomic E-state index is 13.4. The van der Waals surface area contributed by atoms with Gasteiger partial charge in [0.15, 0.2) is 0 Å². The number of hydrogen-bond donors (Lipinski definition) is 2. The Bertz CT molecular complexity index is 1520. The Balaban J connectivity index is 1.29. The molecule has 1 heterocycles. The van der Waals surface area contributed by atoms with Gasteiger partial charge in [0.2, 0.25) is 0 Å². The van der Waals surface area contributed by atoms with Gasteiger partial charge in [-0.25, -0.2) is 9.18 Å². The molecule has 0 radical (unpaired) electrons. The number of carbonyl (C=O) groups is 2. The van der Waals surface area contributed by atoms with E-state index in [1.165, 1.54) is 24.3 Å². The molecule has 4 aromatic rings. The molecule has 4 aromatic carbocycles. The molecule has 0 aromatic heterocycles. The summed E-state index contributed by atoms with van der Waals surface area (Å²) >= 11 is 0. The van der Waals surface area contributed by atoms with Crippen molar-refractivity contribution in [1.82, 2.24) is 10.2 Å². The van der Waals surface area contributed by atoms with Crippen molar-refractivity contribution in [2.45, 2.75) is 0 Å². The topological polar surface area (TPSA) is 92.4 Å². The Morgan fingerprint density at radius 3 is 1.81 bits per heavy atom. The Kier molecular flexibility index (Phi) is 8.72. The van der Waals surface area contributed by atoms with Gasteiger partial charge in [-0.3, -0.25) is 4.79 Å². The van der Waals surface area contributed by atoms with Crippen LogP contribution in [0.5, 0.6) is 28.7 Å². The number of piperazine rings is 1. The van der Waals surface area contributed by atoms with Gasteiger partial charge in [-0.15, -0.1) is 0 Å². The third-order valence-corrected chi connectivity index (χ3v) is 6.76. The standard InChI is InChI=1S/C32H31FN4O5/c1-34-31(38)22-3-9-27(10-4-22)41-29-19-24(20-30(21-29)42-28-11-5-23(33)6-12-28)35-32(39)37-17-15-36(16-18-37)25-7-13-26(40-2)14-8-25/h3-14,19-21H,15-18H2,1-2H3,(H,34,38)(H,35,39). The van der Waals surface area contributed by atoms with Gasteiger partial charge in [0.1, 0.15) is 34.6 Å². The van der Waals surface area contributed by atoms with E-state index in [0.29, 0.717) is 60.4 Å². The maximum absolute atomic E-state index is 13.4. The van der Waals surface area contributed by atoms with Gasteiger partial charge in [0, 0.05) is 68.4 Å². The summed E-state index contributed by atoms with van der Waals surface area (Å²) in [4.78, 5) is 29.1. The average molecular weight is 571 g/mol. The fourth-order valence-corrected chi connectivity index (χ4v) is 4.52. The lowest BCUT2D eigenvalue weighted by molar-refractivity contribution is 0.0963. The number of ether oxygens (including phenoxy) is 3. The van der Waals surface area contributed by atoms with Crippen LogP contribution in [0.1, 0.15) is 10.4 Å². The van der Waals surface area contributed by atoms with Gasteiger partial charge in [-0.05, 0) is 72.8 Å². The number of anilines is 2. The predicted molar refractivity (Wildman–Crippen MR) is 159 cm³/mol. The third kappa shape index (κ3) is 7.08. The number of amides is 3. The van der Waals surface area contributed by atoms with Crippen molar-refractivity contribution in [1.29, 1.82) is 0 Å². The minimum atomic E-state index is -0.375. The van der Waals surface area contributed by atoms with Crippen molar-refractivity contribution >= 4 is 23.3 Å². The van der Waals surface area contributed by atoms with Crippen molar-refractivity contribution in [2.24, 2.45) is 0 Å². The third-order valence-electron chi connectivity index (χ3n) is 6.76. The molecule has 0 bridgehead atoms. The van der Waals surface area contributed by atoms with E-state index >= 15 is 0 Å². The number of urea groups is 1. The molecule has 0 unspecified atom stereocenters. The second kappa shape index (κ2) is 12.9. The molecule has 42 heavy (non-hydrogen) atoms. The van der Waals surface area contributed by atoms with Crippen LogP contribution in [0.4, 0.5) is 20.6 Å². The molecule has 0 atom stereocenters. The molecule has 9 nitrogen and oxygen atoms in total. The molecule has 5 rings (SSSR count). The number of nitrogens with one attached hydrogen (secondary N) is 2. The van der Waals surface area contributed by atoms with Crippen LogP contribution in [-0.4, -0.2) is 57.2 Å². The van der Waals surface area contributed by atoms with Crippen molar-refractivity contribution in [3.8, 4) is 28.7 Å². The molecule has 0 spiro atoms. The van der Waals surface area contributed by atoms with Gasteiger partial charge in [0.05, 0.1) is 7.11 Å². The number of hydrogen-bond acceptors (Lipinski definition) is 6. The Morgan fingerprint density at radius 1 is 0.714 bits per heavy atom. The average Bonchev–Trinajstić information content (AvgIpc) is 3.02. The summed E-state index contributed by atoms with van der Waals surface area (Å²) < 4.78 is 30.6. The first kappa shape index (κ1) is 28.3. The van der Waals surface area contributed by atoms with E-state index in [4.69, 9.17) is 14.2 Å². The summed E-state index contributed by atoms with van der Waals surface area (Å²) in [6.07, 6.45) is 0. The minimum Gasteiger partial charge on any atom is -0.497 e. The first-order chi connectivity index (χ1) is 20.4. The summed E-state index contributed by atoms with van der Waals surface area (Å²) in [7, 11) is 3.20. The quantitative estimate of drug-likeness (QED) is 0.265.